The Kier molecular flexibility index (Phi) is 6.10. The Morgan fingerprint density at radius 1 is 0.800 bits per heavy atom. The van der Waals surface area contributed by atoms with Gasteiger partial charge in [0, 0.05) is 12.0 Å². The SMILES string of the molecule is COc1cc(C(=O)N2N=C(c3ccc4ccccc4c3)C[C@@H]2c2ccccc2)cc(OC)c1OC. The minimum Gasteiger partial charge on any atom is -0.493 e. The normalized spacial score (nSPS) is 15.1. The summed E-state index contributed by atoms with van der Waals surface area (Å²) in [6, 6.07) is 27.6. The van der Waals surface area contributed by atoms with Crippen LogP contribution in [0, 0.1) is 0 Å². The molecule has 1 aliphatic rings. The van der Waals surface area contributed by atoms with Gasteiger partial charge in [-0.25, -0.2) is 5.01 Å². The second kappa shape index (κ2) is 9.50. The molecule has 0 saturated carbocycles. The Labute approximate surface area is 204 Å². The van der Waals surface area contributed by atoms with Crippen molar-refractivity contribution in [3.05, 3.63) is 102 Å². The third-order valence-corrected chi connectivity index (χ3v) is 6.30. The minimum atomic E-state index is -0.242. The molecule has 35 heavy (non-hydrogen) atoms. The summed E-state index contributed by atoms with van der Waals surface area (Å²) >= 11 is 0. The first-order chi connectivity index (χ1) is 17.1. The summed E-state index contributed by atoms with van der Waals surface area (Å²) in [6.07, 6.45) is 0.610. The number of hydrogen-bond donors (Lipinski definition) is 0. The summed E-state index contributed by atoms with van der Waals surface area (Å²) in [5.74, 6) is 1.04. The fourth-order valence-corrected chi connectivity index (χ4v) is 4.51. The van der Waals surface area contributed by atoms with Gasteiger partial charge in [0.1, 0.15) is 0 Å². The molecule has 1 atom stereocenters. The molecule has 176 valence electrons. The van der Waals surface area contributed by atoms with E-state index in [1.807, 2.05) is 42.5 Å². The van der Waals surface area contributed by atoms with Crippen LogP contribution in [-0.4, -0.2) is 38.0 Å². The molecule has 6 heteroatoms. The number of rotatable bonds is 6. The zero-order valence-corrected chi connectivity index (χ0v) is 19.9. The molecule has 0 aromatic heterocycles. The Hall–Kier alpha value is -4.32. The van der Waals surface area contributed by atoms with Crippen LogP contribution in [0.15, 0.2) is 90.0 Å². The largest absolute Gasteiger partial charge is 0.493 e. The number of methoxy groups -OCH3 is 3. The standard InChI is InChI=1S/C29H26N2O4/c1-33-26-16-23(17-27(34-2)28(26)35-3)29(32)31-25(20-10-5-4-6-11-20)18-24(30-31)22-14-13-19-9-7-8-12-21(19)15-22/h4-17,25H,18H2,1-3H3/t25-/m1/s1. The molecular formula is C29H26N2O4. The molecule has 0 saturated heterocycles. The lowest BCUT2D eigenvalue weighted by atomic mass is 9.96. The van der Waals surface area contributed by atoms with E-state index in [0.717, 1.165) is 22.2 Å². The van der Waals surface area contributed by atoms with Crippen molar-refractivity contribution in [3.8, 4) is 17.2 Å². The van der Waals surface area contributed by atoms with Crippen LogP contribution in [-0.2, 0) is 0 Å². The molecule has 0 bridgehead atoms. The van der Waals surface area contributed by atoms with Gasteiger partial charge >= 0.3 is 0 Å². The van der Waals surface area contributed by atoms with Gasteiger partial charge in [0.05, 0.1) is 33.1 Å². The van der Waals surface area contributed by atoms with Crippen molar-refractivity contribution in [1.29, 1.82) is 0 Å². The maximum Gasteiger partial charge on any atom is 0.274 e. The lowest BCUT2D eigenvalue weighted by Gasteiger charge is -2.23. The Morgan fingerprint density at radius 3 is 2.11 bits per heavy atom. The zero-order valence-electron chi connectivity index (χ0n) is 19.9. The smallest absolute Gasteiger partial charge is 0.274 e. The number of amides is 1. The van der Waals surface area contributed by atoms with Crippen LogP contribution >= 0.6 is 0 Å². The number of benzene rings is 4. The maximum absolute atomic E-state index is 13.8. The quantitative estimate of drug-likeness (QED) is 0.357. The highest BCUT2D eigenvalue weighted by Crippen LogP contribution is 2.40. The summed E-state index contributed by atoms with van der Waals surface area (Å²) in [7, 11) is 4.60. The van der Waals surface area contributed by atoms with Crippen molar-refractivity contribution >= 4 is 22.4 Å². The minimum absolute atomic E-state index is 0.232. The molecule has 0 unspecified atom stereocenters. The first-order valence-electron chi connectivity index (χ1n) is 11.4. The zero-order chi connectivity index (χ0) is 24.4. The number of hydrogen-bond acceptors (Lipinski definition) is 5. The highest BCUT2D eigenvalue weighted by atomic mass is 16.5. The molecule has 1 heterocycles. The lowest BCUT2D eigenvalue weighted by Crippen LogP contribution is -2.27. The third kappa shape index (κ3) is 4.19. The van der Waals surface area contributed by atoms with E-state index in [2.05, 4.69) is 30.3 Å². The van der Waals surface area contributed by atoms with Crippen LogP contribution in [0.25, 0.3) is 10.8 Å². The molecule has 0 spiro atoms. The van der Waals surface area contributed by atoms with E-state index in [1.54, 1.807) is 17.1 Å². The van der Waals surface area contributed by atoms with Crippen molar-refractivity contribution in [2.24, 2.45) is 5.10 Å². The van der Waals surface area contributed by atoms with E-state index in [4.69, 9.17) is 19.3 Å². The lowest BCUT2D eigenvalue weighted by molar-refractivity contribution is 0.0710. The molecule has 6 nitrogen and oxygen atoms in total. The van der Waals surface area contributed by atoms with Crippen LogP contribution in [0.5, 0.6) is 17.2 Å². The molecular weight excluding hydrogens is 440 g/mol. The topological polar surface area (TPSA) is 60.4 Å². The average Bonchev–Trinajstić information content (AvgIpc) is 3.37. The molecule has 4 aromatic carbocycles. The molecule has 0 N–H and O–H groups in total. The summed E-state index contributed by atoms with van der Waals surface area (Å²) in [5.41, 5.74) is 3.30. The number of carbonyl (C=O) groups excluding carboxylic acids is 1. The van der Waals surface area contributed by atoms with Crippen molar-refractivity contribution < 1.29 is 19.0 Å². The van der Waals surface area contributed by atoms with Gasteiger partial charge in [-0.1, -0.05) is 66.7 Å². The molecule has 4 aromatic rings. The van der Waals surface area contributed by atoms with Crippen LogP contribution in [0.3, 0.4) is 0 Å². The van der Waals surface area contributed by atoms with Gasteiger partial charge < -0.3 is 14.2 Å². The number of ether oxygens (including phenoxy) is 3. The van der Waals surface area contributed by atoms with Gasteiger partial charge in [0.15, 0.2) is 11.5 Å². The van der Waals surface area contributed by atoms with Crippen molar-refractivity contribution in [2.75, 3.05) is 21.3 Å². The van der Waals surface area contributed by atoms with E-state index in [0.29, 0.717) is 29.2 Å². The average molecular weight is 467 g/mol. The molecule has 0 fully saturated rings. The highest BCUT2D eigenvalue weighted by Gasteiger charge is 2.34. The van der Waals surface area contributed by atoms with Crippen LogP contribution < -0.4 is 14.2 Å². The summed E-state index contributed by atoms with van der Waals surface area (Å²) in [5, 5.41) is 8.71. The monoisotopic (exact) mass is 466 g/mol. The number of nitrogens with zero attached hydrogens (tertiary/aromatic N) is 2. The Balaban J connectivity index is 1.58. The first-order valence-corrected chi connectivity index (χ1v) is 11.4. The number of carbonyl (C=O) groups is 1. The van der Waals surface area contributed by atoms with E-state index in [9.17, 15) is 4.79 Å². The van der Waals surface area contributed by atoms with Gasteiger partial charge in [-0.3, -0.25) is 4.79 Å². The van der Waals surface area contributed by atoms with Gasteiger partial charge in [-0.2, -0.15) is 5.10 Å². The molecule has 1 aliphatic heterocycles. The van der Waals surface area contributed by atoms with E-state index < -0.39 is 0 Å². The van der Waals surface area contributed by atoms with E-state index >= 15 is 0 Å². The Morgan fingerprint density at radius 2 is 1.46 bits per heavy atom. The Bertz CT molecular complexity index is 1390. The van der Waals surface area contributed by atoms with Crippen LogP contribution in [0.2, 0.25) is 0 Å². The summed E-state index contributed by atoms with van der Waals surface area (Å²) < 4.78 is 16.3. The molecule has 1 amide bonds. The van der Waals surface area contributed by atoms with E-state index in [1.165, 1.54) is 26.7 Å². The highest BCUT2D eigenvalue weighted by molar-refractivity contribution is 6.07. The van der Waals surface area contributed by atoms with Crippen LogP contribution in [0.1, 0.15) is 33.9 Å². The second-order valence-electron chi connectivity index (χ2n) is 8.30. The number of fused-ring (bicyclic) bond motifs is 1. The van der Waals surface area contributed by atoms with Gasteiger partial charge in [0.2, 0.25) is 5.75 Å². The predicted molar refractivity (Wildman–Crippen MR) is 137 cm³/mol. The third-order valence-electron chi connectivity index (χ3n) is 6.30. The molecule has 0 aliphatic carbocycles. The van der Waals surface area contributed by atoms with Gasteiger partial charge in [-0.15, -0.1) is 0 Å². The van der Waals surface area contributed by atoms with Crippen molar-refractivity contribution in [3.63, 3.8) is 0 Å². The number of hydrazone groups is 1. The summed E-state index contributed by atoms with van der Waals surface area (Å²) in [6.45, 7) is 0. The second-order valence-corrected chi connectivity index (χ2v) is 8.30. The fraction of sp³-hybridized carbons (Fsp3) is 0.172. The first kappa shape index (κ1) is 22.5. The molecule has 0 radical (unpaired) electrons. The van der Waals surface area contributed by atoms with E-state index in [-0.39, 0.29) is 11.9 Å². The fourth-order valence-electron chi connectivity index (χ4n) is 4.51. The van der Waals surface area contributed by atoms with Crippen molar-refractivity contribution in [2.45, 2.75) is 12.5 Å². The maximum atomic E-state index is 13.8. The summed E-state index contributed by atoms with van der Waals surface area (Å²) in [4.78, 5) is 13.8. The molecule has 5 rings (SSSR count). The van der Waals surface area contributed by atoms with Gasteiger partial charge in [-0.05, 0) is 40.1 Å². The van der Waals surface area contributed by atoms with Crippen LogP contribution in [0.4, 0.5) is 0 Å². The van der Waals surface area contributed by atoms with Gasteiger partial charge in [0.25, 0.3) is 5.91 Å². The van der Waals surface area contributed by atoms with Crippen molar-refractivity contribution in [1.82, 2.24) is 5.01 Å². The predicted octanol–water partition coefficient (Wildman–Crippen LogP) is 5.86.